The molecule has 0 bridgehead atoms. The van der Waals surface area contributed by atoms with Gasteiger partial charge in [0.25, 0.3) is 0 Å². The Morgan fingerprint density at radius 2 is 0.667 bits per heavy atom. The summed E-state index contributed by atoms with van der Waals surface area (Å²) in [5, 5.41) is 0. The Hall–Kier alpha value is -3.35. The highest BCUT2D eigenvalue weighted by Gasteiger charge is 2.37. The summed E-state index contributed by atoms with van der Waals surface area (Å²) in [6, 6.07) is 10.3. The summed E-state index contributed by atoms with van der Waals surface area (Å²) in [6.07, 6.45) is -1.07. The van der Waals surface area contributed by atoms with Crippen LogP contribution in [0.15, 0.2) is 36.4 Å². The molecule has 1 aliphatic carbocycles. The molecule has 0 N–H and O–H groups in total. The van der Waals surface area contributed by atoms with Crippen LogP contribution < -0.4 is 0 Å². The minimum absolute atomic E-state index is 0.0409. The zero-order chi connectivity index (χ0) is 37.2. The topological polar surface area (TPSA) is 78.9 Å². The van der Waals surface area contributed by atoms with E-state index in [1.807, 2.05) is 0 Å². The molecule has 1 saturated carbocycles. The molecule has 1 aliphatic rings. The number of benzene rings is 3. The van der Waals surface area contributed by atoms with E-state index in [0.717, 1.165) is 0 Å². The molecule has 0 heterocycles. The predicted octanol–water partition coefficient (Wildman–Crippen LogP) is 1.86. The van der Waals surface area contributed by atoms with Crippen molar-refractivity contribution in [3.63, 3.8) is 0 Å². The Morgan fingerprint density at radius 1 is 0.412 bits per heavy atom. The Kier molecular flexibility index (Phi) is 15.0. The number of carbonyl (C=O) groups is 3. The van der Waals surface area contributed by atoms with Crippen molar-refractivity contribution in [3.05, 3.63) is 103 Å². The van der Waals surface area contributed by atoms with Gasteiger partial charge in [-0.3, -0.25) is 0 Å². The predicted molar refractivity (Wildman–Crippen MR) is 206 cm³/mol. The molecule has 15 heteroatoms. The van der Waals surface area contributed by atoms with Crippen molar-refractivity contribution in [2.45, 2.75) is 94.5 Å². The Balaban J connectivity index is 1.68. The third-order valence-electron chi connectivity index (χ3n) is 9.24. The molecule has 0 amide bonds. The second-order valence-corrected chi connectivity index (χ2v) is 12.5. The van der Waals surface area contributed by atoms with Gasteiger partial charge >= 0.3 is 17.9 Å². The molecule has 6 nitrogen and oxygen atoms in total. The van der Waals surface area contributed by atoms with Crippen LogP contribution in [0.2, 0.25) is 0 Å². The summed E-state index contributed by atoms with van der Waals surface area (Å²) in [5.41, 5.74) is 6.38. The van der Waals surface area contributed by atoms with Crippen LogP contribution in [0.25, 0.3) is 0 Å². The first-order valence-corrected chi connectivity index (χ1v) is 17.0. The zero-order valence-electron chi connectivity index (χ0n) is 28.8. The molecule has 4 rings (SSSR count). The van der Waals surface area contributed by atoms with Crippen LogP contribution in [0.5, 0.6) is 0 Å². The lowest BCUT2D eigenvalue weighted by atomic mass is 9.81. The Morgan fingerprint density at radius 3 is 0.863 bits per heavy atom. The van der Waals surface area contributed by atoms with E-state index in [4.69, 9.17) is 84.8 Å². The van der Waals surface area contributed by atoms with Crippen LogP contribution in [0, 0.1) is 0 Å². The fourth-order valence-corrected chi connectivity index (χ4v) is 6.67. The first-order chi connectivity index (χ1) is 24.6. The molecule has 0 aliphatic heterocycles. The van der Waals surface area contributed by atoms with E-state index < -0.39 is 36.2 Å². The molecule has 51 heavy (non-hydrogen) atoms. The van der Waals surface area contributed by atoms with Gasteiger partial charge in [0.2, 0.25) is 0 Å². The van der Waals surface area contributed by atoms with Gasteiger partial charge in [-0.1, -0.05) is 108 Å². The second-order valence-electron chi connectivity index (χ2n) is 12.5. The molecule has 18 radical (unpaired) electrons. The molecule has 0 saturated heterocycles. The van der Waals surface area contributed by atoms with Crippen molar-refractivity contribution in [3.8, 4) is 0 Å². The van der Waals surface area contributed by atoms with Crippen LogP contribution in [-0.2, 0) is 71.1 Å². The molecular formula is C36H33B9O6. The number of ether oxygens (including phenoxy) is 3. The zero-order valence-corrected chi connectivity index (χ0v) is 28.8. The van der Waals surface area contributed by atoms with Crippen molar-refractivity contribution in [2.75, 3.05) is 0 Å². The maximum Gasteiger partial charge on any atom is 0.338 e. The number of hydrogen-bond donors (Lipinski definition) is 0. The van der Waals surface area contributed by atoms with E-state index >= 15 is 0 Å². The van der Waals surface area contributed by atoms with E-state index in [1.54, 1.807) is 36.4 Å². The number of esters is 3. The number of hydrogen-bond acceptors (Lipinski definition) is 6. The number of carbonyl (C=O) groups excluding carboxylic acids is 3. The fourth-order valence-electron chi connectivity index (χ4n) is 6.67. The highest BCUT2D eigenvalue weighted by molar-refractivity contribution is 6.14. The normalized spacial score (nSPS) is 17.1. The maximum absolute atomic E-state index is 13.7. The summed E-state index contributed by atoms with van der Waals surface area (Å²) < 4.78 is 18.1. The minimum Gasteiger partial charge on any atom is -0.458 e. The average Bonchev–Trinajstić information content (AvgIpc) is 3.15. The summed E-state index contributed by atoms with van der Waals surface area (Å²) >= 11 is 0. The van der Waals surface area contributed by atoms with Crippen LogP contribution >= 0.6 is 0 Å². The van der Waals surface area contributed by atoms with Crippen LogP contribution in [0.3, 0.4) is 0 Å². The van der Waals surface area contributed by atoms with E-state index in [2.05, 4.69) is 0 Å². The molecule has 3 aromatic rings. The highest BCUT2D eigenvalue weighted by Crippen LogP contribution is 2.31. The van der Waals surface area contributed by atoms with Gasteiger partial charge in [-0.2, -0.15) is 0 Å². The van der Waals surface area contributed by atoms with E-state index in [0.29, 0.717) is 50.1 Å². The quantitative estimate of drug-likeness (QED) is 0.141. The van der Waals surface area contributed by atoms with Gasteiger partial charge in [-0.25, -0.2) is 14.4 Å². The van der Waals surface area contributed by atoms with Gasteiger partial charge in [0, 0.05) is 19.3 Å². The lowest BCUT2D eigenvalue weighted by molar-refractivity contribution is -0.0588. The smallest absolute Gasteiger partial charge is 0.338 e. The number of rotatable bonds is 15. The summed E-state index contributed by atoms with van der Waals surface area (Å²) in [4.78, 5) is 41.2. The SMILES string of the molecule is [B]Cc1cc(C[B])c(C[B])c(C(=O)OC2CC(OC(=O)c3cc(C[B])cc(C[B])c3C[B])CC(OC(=O)c3cc(C[B])cc(C[B])c3C[B])C2)c1. The minimum atomic E-state index is -0.830. The van der Waals surface area contributed by atoms with Crippen LogP contribution in [0.4, 0.5) is 0 Å². The lowest BCUT2D eigenvalue weighted by Gasteiger charge is -2.34. The van der Waals surface area contributed by atoms with Gasteiger partial charge in [-0.15, -0.1) is 0 Å². The van der Waals surface area contributed by atoms with Gasteiger partial charge in [0.05, 0.1) is 87.3 Å². The maximum atomic E-state index is 13.7. The van der Waals surface area contributed by atoms with Crippen LogP contribution in [-0.4, -0.2) is 107 Å². The van der Waals surface area contributed by atoms with Crippen molar-refractivity contribution >= 4 is 88.5 Å². The largest absolute Gasteiger partial charge is 0.458 e. The lowest BCUT2D eigenvalue weighted by Crippen LogP contribution is -2.40. The summed E-state index contributed by atoms with van der Waals surface area (Å²) in [6.45, 7) is 0. The molecule has 0 aromatic heterocycles. The first-order valence-electron chi connectivity index (χ1n) is 17.0. The van der Waals surface area contributed by atoms with Gasteiger partial charge in [-0.05, 0) is 34.9 Å². The van der Waals surface area contributed by atoms with Crippen molar-refractivity contribution < 1.29 is 28.6 Å². The summed E-state index contributed by atoms with van der Waals surface area (Å²) in [7, 11) is 53.6. The van der Waals surface area contributed by atoms with E-state index in [9.17, 15) is 14.4 Å². The van der Waals surface area contributed by atoms with Crippen LogP contribution in [0.1, 0.15) is 100 Å². The second kappa shape index (κ2) is 18.9. The molecule has 1 fully saturated rings. The highest BCUT2D eigenvalue weighted by atomic mass is 16.6. The monoisotopic (exact) mass is 660 g/mol. The van der Waals surface area contributed by atoms with Crippen molar-refractivity contribution in [1.29, 1.82) is 0 Å². The molecule has 0 spiro atoms. The third kappa shape index (κ3) is 9.56. The molecule has 240 valence electrons. The van der Waals surface area contributed by atoms with E-state index in [-0.39, 0.29) is 92.8 Å². The Bertz CT molecular complexity index is 1530. The molecule has 3 aromatic carbocycles. The van der Waals surface area contributed by atoms with Crippen molar-refractivity contribution in [2.24, 2.45) is 0 Å². The van der Waals surface area contributed by atoms with Gasteiger partial charge in [0.1, 0.15) is 18.3 Å². The molecule has 0 unspecified atom stereocenters. The Labute approximate surface area is 313 Å². The van der Waals surface area contributed by atoms with E-state index in [1.165, 1.54) is 0 Å². The fraction of sp³-hybridized carbons (Fsp3) is 0.417. The molecular weight excluding hydrogens is 626 g/mol. The van der Waals surface area contributed by atoms with Crippen molar-refractivity contribution in [1.82, 2.24) is 0 Å². The third-order valence-corrected chi connectivity index (χ3v) is 9.24. The first kappa shape index (κ1) is 40.4. The van der Waals surface area contributed by atoms with Gasteiger partial charge < -0.3 is 14.2 Å². The summed E-state index contributed by atoms with van der Waals surface area (Å²) in [5.74, 6) is -1.99. The standard InChI is InChI=1S/C36H33B9O6/c37-10-19-1-22(13-40)31(16-43)28(4-19)34(46)49-25-7-26(50-35(47)29-5-20(11-38)2-23(14-41)32(29)17-44)9-27(8-25)51-36(48)30-6-21(12-39)3-24(15-42)33(30)18-45/h1-6,25-27H,7-18H2. The van der Waals surface area contributed by atoms with Gasteiger partial charge in [0.15, 0.2) is 0 Å². The average molecular weight is 659 g/mol. The molecule has 0 atom stereocenters.